The first-order valence-electron chi connectivity index (χ1n) is 6.04. The number of primary sulfonamides is 1. The van der Waals surface area contributed by atoms with E-state index in [1.54, 1.807) is 7.05 Å². The molecule has 112 valence electrons. The van der Waals surface area contributed by atoms with E-state index in [4.69, 9.17) is 5.14 Å². The molecule has 1 aromatic carbocycles. The lowest BCUT2D eigenvalue weighted by Crippen LogP contribution is -2.39. The zero-order valence-corrected chi connectivity index (χ0v) is 11.6. The first-order chi connectivity index (χ1) is 9.14. The Morgan fingerprint density at radius 1 is 1.30 bits per heavy atom. The topological polar surface area (TPSA) is 72.2 Å². The predicted molar refractivity (Wildman–Crippen MR) is 67.6 cm³/mol. The van der Waals surface area contributed by atoms with Gasteiger partial charge in [0, 0.05) is 6.04 Å². The predicted octanol–water partition coefficient (Wildman–Crippen LogP) is 1.82. The lowest BCUT2D eigenvalue weighted by Gasteiger charge is -2.37. The smallest absolute Gasteiger partial charge is 0.317 e. The first-order valence-corrected chi connectivity index (χ1v) is 7.59. The molecule has 1 aromatic rings. The zero-order valence-electron chi connectivity index (χ0n) is 10.7. The Morgan fingerprint density at radius 2 is 1.90 bits per heavy atom. The molecule has 20 heavy (non-hydrogen) atoms. The fourth-order valence-corrected chi connectivity index (χ4v) is 3.40. The molecule has 1 fully saturated rings. The third kappa shape index (κ3) is 2.82. The Labute approximate surface area is 115 Å². The van der Waals surface area contributed by atoms with Crippen molar-refractivity contribution in [3.8, 4) is 0 Å². The van der Waals surface area contributed by atoms with Crippen molar-refractivity contribution in [2.24, 2.45) is 5.14 Å². The summed E-state index contributed by atoms with van der Waals surface area (Å²) in [6.07, 6.45) is -3.67. The molecule has 8 heteroatoms. The molecule has 0 aromatic heterocycles. The third-order valence-corrected chi connectivity index (χ3v) is 4.60. The number of benzene rings is 1. The van der Waals surface area contributed by atoms with E-state index in [9.17, 15) is 21.6 Å². The number of halogens is 3. The average molecular weight is 308 g/mol. The van der Waals surface area contributed by atoms with Gasteiger partial charge >= 0.3 is 6.18 Å². The summed E-state index contributed by atoms with van der Waals surface area (Å²) in [7, 11) is -2.46. The van der Waals surface area contributed by atoms with E-state index in [0.717, 1.165) is 18.2 Å². The molecule has 0 heterocycles. The van der Waals surface area contributed by atoms with Crippen LogP contribution in [-0.2, 0) is 16.2 Å². The van der Waals surface area contributed by atoms with Crippen LogP contribution in [0.5, 0.6) is 0 Å². The molecule has 0 aliphatic heterocycles. The van der Waals surface area contributed by atoms with Crippen molar-refractivity contribution in [2.45, 2.75) is 35.9 Å². The van der Waals surface area contributed by atoms with E-state index in [1.165, 1.54) is 0 Å². The molecule has 4 nitrogen and oxygen atoms in total. The molecule has 0 radical (unpaired) electrons. The monoisotopic (exact) mass is 308 g/mol. The lowest BCUT2D eigenvalue weighted by atomic mass is 9.74. The maximum atomic E-state index is 13.1. The van der Waals surface area contributed by atoms with Gasteiger partial charge in [0.05, 0.1) is 10.5 Å². The lowest BCUT2D eigenvalue weighted by molar-refractivity contribution is -0.138. The summed E-state index contributed by atoms with van der Waals surface area (Å²) in [4.78, 5) is -0.424. The molecule has 1 saturated carbocycles. The summed E-state index contributed by atoms with van der Waals surface area (Å²) in [6, 6.07) is 3.21. The second kappa shape index (κ2) is 5.01. The molecular weight excluding hydrogens is 293 g/mol. The van der Waals surface area contributed by atoms with Crippen LogP contribution in [0.4, 0.5) is 13.2 Å². The van der Waals surface area contributed by atoms with Gasteiger partial charge in [-0.05, 0) is 43.5 Å². The van der Waals surface area contributed by atoms with Gasteiger partial charge in [0.25, 0.3) is 0 Å². The van der Waals surface area contributed by atoms with Gasteiger partial charge in [0.1, 0.15) is 0 Å². The Kier molecular flexibility index (Phi) is 3.83. The molecular formula is C12H15F3N2O2S. The van der Waals surface area contributed by atoms with Crippen LogP contribution >= 0.6 is 0 Å². The van der Waals surface area contributed by atoms with Gasteiger partial charge in [0.15, 0.2) is 0 Å². The van der Waals surface area contributed by atoms with Crippen LogP contribution in [0.1, 0.15) is 29.9 Å². The number of nitrogens with two attached hydrogens (primary N) is 1. The van der Waals surface area contributed by atoms with Crippen molar-refractivity contribution in [1.29, 1.82) is 0 Å². The van der Waals surface area contributed by atoms with Gasteiger partial charge in [-0.3, -0.25) is 0 Å². The molecule has 0 saturated heterocycles. The van der Waals surface area contributed by atoms with Gasteiger partial charge < -0.3 is 5.32 Å². The second-order valence-electron chi connectivity index (χ2n) is 4.91. The summed E-state index contributed by atoms with van der Waals surface area (Å²) in [5.41, 5.74) is -1.11. The van der Waals surface area contributed by atoms with E-state index in [2.05, 4.69) is 5.32 Å². The Morgan fingerprint density at radius 3 is 2.35 bits per heavy atom. The highest BCUT2D eigenvalue weighted by atomic mass is 32.2. The third-order valence-electron chi connectivity index (χ3n) is 3.63. The molecule has 1 aliphatic carbocycles. The summed E-state index contributed by atoms with van der Waals surface area (Å²) >= 11 is 0. The zero-order chi connectivity index (χ0) is 15.1. The Hall–Kier alpha value is -1.12. The highest BCUT2D eigenvalue weighted by Gasteiger charge is 2.41. The van der Waals surface area contributed by atoms with E-state index in [-0.39, 0.29) is 11.6 Å². The van der Waals surface area contributed by atoms with E-state index in [1.807, 2.05) is 0 Å². The molecule has 0 bridgehead atoms. The van der Waals surface area contributed by atoms with Crippen LogP contribution in [0.15, 0.2) is 23.1 Å². The minimum atomic E-state index is -4.60. The summed E-state index contributed by atoms with van der Waals surface area (Å²) in [5.74, 6) is -0.446. The first kappa shape index (κ1) is 15.3. The maximum Gasteiger partial charge on any atom is 0.416 e. The minimum Gasteiger partial charge on any atom is -0.317 e. The molecule has 1 aliphatic rings. The average Bonchev–Trinajstić information content (AvgIpc) is 2.24. The largest absolute Gasteiger partial charge is 0.416 e. The van der Waals surface area contributed by atoms with Gasteiger partial charge in [-0.1, -0.05) is 6.07 Å². The van der Waals surface area contributed by atoms with Crippen molar-refractivity contribution in [3.05, 3.63) is 29.3 Å². The molecule has 0 spiro atoms. The second-order valence-corrected chi connectivity index (χ2v) is 6.44. The summed E-state index contributed by atoms with van der Waals surface area (Å²) in [5, 5.41) is 8.00. The van der Waals surface area contributed by atoms with Crippen LogP contribution in [0.25, 0.3) is 0 Å². The molecule has 0 atom stereocenters. The highest BCUT2D eigenvalue weighted by molar-refractivity contribution is 7.89. The molecule has 0 amide bonds. The quantitative estimate of drug-likeness (QED) is 0.894. The van der Waals surface area contributed by atoms with Crippen LogP contribution in [0.3, 0.4) is 0 Å². The number of nitrogens with one attached hydrogen (secondary N) is 1. The van der Waals surface area contributed by atoms with Crippen molar-refractivity contribution >= 4 is 10.0 Å². The maximum absolute atomic E-state index is 13.1. The van der Waals surface area contributed by atoms with E-state index >= 15 is 0 Å². The van der Waals surface area contributed by atoms with Crippen molar-refractivity contribution in [2.75, 3.05) is 7.05 Å². The molecule has 0 unspecified atom stereocenters. The number of hydrogen-bond acceptors (Lipinski definition) is 3. The Bertz CT molecular complexity index is 608. The van der Waals surface area contributed by atoms with Crippen LogP contribution in [0, 0.1) is 0 Å². The standard InChI is InChI=1S/C12H15F3N2O2S/c1-17-8-5-7(6-8)11-9(12(13,14)15)3-2-4-10(11)20(16,18)19/h2-4,7-8,17H,5-6H2,1H3,(H2,16,18,19). The van der Waals surface area contributed by atoms with Gasteiger partial charge in [0.2, 0.25) is 10.0 Å². The van der Waals surface area contributed by atoms with Crippen molar-refractivity contribution in [1.82, 2.24) is 5.32 Å². The number of alkyl halides is 3. The normalized spacial score (nSPS) is 23.4. The van der Waals surface area contributed by atoms with Gasteiger partial charge in [-0.2, -0.15) is 13.2 Å². The Balaban J connectivity index is 2.56. The molecule has 3 N–H and O–H groups in total. The summed E-state index contributed by atoms with van der Waals surface area (Å²) < 4.78 is 62.2. The number of sulfonamides is 1. The van der Waals surface area contributed by atoms with Crippen LogP contribution < -0.4 is 10.5 Å². The van der Waals surface area contributed by atoms with Crippen molar-refractivity contribution < 1.29 is 21.6 Å². The van der Waals surface area contributed by atoms with Crippen LogP contribution in [0.2, 0.25) is 0 Å². The SMILES string of the molecule is CNC1CC(c2c(C(F)(F)F)cccc2S(N)(=O)=O)C1. The van der Waals surface area contributed by atoms with Crippen LogP contribution in [-0.4, -0.2) is 21.5 Å². The highest BCUT2D eigenvalue weighted by Crippen LogP contribution is 2.45. The van der Waals surface area contributed by atoms with E-state index in [0.29, 0.717) is 12.8 Å². The molecule has 2 rings (SSSR count). The van der Waals surface area contributed by atoms with E-state index < -0.39 is 32.6 Å². The number of rotatable bonds is 3. The number of hydrogen-bond donors (Lipinski definition) is 2. The fourth-order valence-electron chi connectivity index (χ4n) is 2.55. The summed E-state index contributed by atoms with van der Waals surface area (Å²) in [6.45, 7) is 0. The van der Waals surface area contributed by atoms with Gasteiger partial charge in [-0.25, -0.2) is 13.6 Å². The fraction of sp³-hybridized carbons (Fsp3) is 0.500. The van der Waals surface area contributed by atoms with Crippen molar-refractivity contribution in [3.63, 3.8) is 0 Å². The minimum absolute atomic E-state index is 0.106. The van der Waals surface area contributed by atoms with Gasteiger partial charge in [-0.15, -0.1) is 0 Å².